The van der Waals surface area contributed by atoms with E-state index in [9.17, 15) is 4.39 Å². The van der Waals surface area contributed by atoms with Crippen LogP contribution in [-0.4, -0.2) is 21.8 Å². The second-order valence-electron chi connectivity index (χ2n) is 5.54. The van der Waals surface area contributed by atoms with Crippen LogP contribution in [0, 0.1) is 0 Å². The van der Waals surface area contributed by atoms with Crippen molar-refractivity contribution in [1.29, 1.82) is 0 Å². The molecule has 0 saturated carbocycles. The van der Waals surface area contributed by atoms with Gasteiger partial charge < -0.3 is 11.1 Å². The Morgan fingerprint density at radius 1 is 1.48 bits per heavy atom. The Hall–Kier alpha value is -1.63. The van der Waals surface area contributed by atoms with Crippen LogP contribution in [0.1, 0.15) is 17.4 Å². The Morgan fingerprint density at radius 2 is 2.30 bits per heavy atom. The highest BCUT2D eigenvalue weighted by atomic mass is 35.5. The summed E-state index contributed by atoms with van der Waals surface area (Å²) in [5.41, 5.74) is 8.55. The molecule has 0 amide bonds. The normalized spacial score (nSPS) is 14.1. The van der Waals surface area contributed by atoms with Gasteiger partial charge in [-0.15, -0.1) is 11.3 Å². The molecule has 0 spiro atoms. The van der Waals surface area contributed by atoms with Gasteiger partial charge in [-0.05, 0) is 36.4 Å². The average molecular weight is 353 g/mol. The zero-order chi connectivity index (χ0) is 16.4. The Balaban J connectivity index is 1.86. The lowest BCUT2D eigenvalue weighted by atomic mass is 10.1. The molecule has 0 aliphatic rings. The molecule has 23 heavy (non-hydrogen) atoms. The smallest absolute Gasteiger partial charge is 0.152 e. The summed E-state index contributed by atoms with van der Waals surface area (Å²) in [5.74, 6) is 0. The third kappa shape index (κ3) is 3.83. The van der Waals surface area contributed by atoms with Crippen LogP contribution in [0.3, 0.4) is 0 Å². The van der Waals surface area contributed by atoms with Crippen molar-refractivity contribution in [3.63, 3.8) is 0 Å². The molecule has 0 bridgehead atoms. The summed E-state index contributed by atoms with van der Waals surface area (Å²) in [6.45, 7) is 2.19. The number of nitrogens with one attached hydrogen (secondary N) is 1. The molecule has 122 valence electrons. The van der Waals surface area contributed by atoms with Crippen molar-refractivity contribution in [3.05, 3.63) is 51.4 Å². The van der Waals surface area contributed by atoms with Crippen LogP contribution >= 0.6 is 22.9 Å². The summed E-state index contributed by atoms with van der Waals surface area (Å²) >= 11 is 7.79. The standard InChI is InChI=1S/C16H18ClFN4S/c1-10(18)13(19)5-11-6-15-14(7-16(17)21-22(15)9-11)20-8-12-3-2-4-23-12/h2-4,6-7,9-10,13,20H,5,8,19H2,1H3/t10-,13+/m0/s1. The van der Waals surface area contributed by atoms with Crippen LogP contribution in [0.25, 0.3) is 5.52 Å². The Bertz CT molecular complexity index is 785. The zero-order valence-corrected chi connectivity index (χ0v) is 14.2. The first-order chi connectivity index (χ1) is 11.0. The molecule has 0 fully saturated rings. The number of hydrogen-bond acceptors (Lipinski definition) is 4. The molecule has 0 radical (unpaired) electrons. The van der Waals surface area contributed by atoms with Gasteiger partial charge in [-0.25, -0.2) is 8.91 Å². The maximum absolute atomic E-state index is 13.3. The van der Waals surface area contributed by atoms with Gasteiger partial charge >= 0.3 is 0 Å². The first-order valence-corrected chi connectivity index (χ1v) is 8.62. The molecular weight excluding hydrogens is 335 g/mol. The molecule has 7 heteroatoms. The molecule has 0 aliphatic carbocycles. The maximum Gasteiger partial charge on any atom is 0.152 e. The van der Waals surface area contributed by atoms with Gasteiger partial charge in [-0.1, -0.05) is 17.7 Å². The van der Waals surface area contributed by atoms with E-state index in [-0.39, 0.29) is 0 Å². The van der Waals surface area contributed by atoms with Gasteiger partial charge in [0, 0.05) is 29.7 Å². The van der Waals surface area contributed by atoms with Gasteiger partial charge in [0.2, 0.25) is 0 Å². The number of hydrogen-bond donors (Lipinski definition) is 2. The van der Waals surface area contributed by atoms with Gasteiger partial charge in [0.1, 0.15) is 6.17 Å². The highest BCUT2D eigenvalue weighted by Gasteiger charge is 2.14. The predicted molar refractivity (Wildman–Crippen MR) is 94.1 cm³/mol. The van der Waals surface area contributed by atoms with E-state index in [2.05, 4.69) is 16.5 Å². The number of nitrogens with zero attached hydrogens (tertiary/aromatic N) is 2. The summed E-state index contributed by atoms with van der Waals surface area (Å²) in [4.78, 5) is 1.23. The van der Waals surface area contributed by atoms with Crippen molar-refractivity contribution >= 4 is 34.1 Å². The van der Waals surface area contributed by atoms with Crippen molar-refractivity contribution < 1.29 is 4.39 Å². The molecule has 3 rings (SSSR count). The molecule has 0 aromatic carbocycles. The van der Waals surface area contributed by atoms with Crippen molar-refractivity contribution in [3.8, 4) is 0 Å². The molecule has 3 aromatic heterocycles. The largest absolute Gasteiger partial charge is 0.378 e. The fourth-order valence-electron chi connectivity index (χ4n) is 2.40. The van der Waals surface area contributed by atoms with E-state index in [4.69, 9.17) is 17.3 Å². The molecule has 3 aromatic rings. The lowest BCUT2D eigenvalue weighted by Crippen LogP contribution is -2.31. The Labute approximate surface area is 143 Å². The molecule has 0 unspecified atom stereocenters. The first-order valence-electron chi connectivity index (χ1n) is 7.36. The minimum absolute atomic E-state index is 0.400. The number of fused-ring (bicyclic) bond motifs is 1. The molecule has 3 N–H and O–H groups in total. The predicted octanol–water partition coefficient (Wildman–Crippen LogP) is 3.89. The van der Waals surface area contributed by atoms with Crippen LogP contribution in [0.2, 0.25) is 5.15 Å². The van der Waals surface area contributed by atoms with Gasteiger partial charge in [0.05, 0.1) is 11.2 Å². The van der Waals surface area contributed by atoms with Gasteiger partial charge in [0.15, 0.2) is 5.15 Å². The number of anilines is 1. The van der Waals surface area contributed by atoms with Crippen molar-refractivity contribution in [2.75, 3.05) is 5.32 Å². The van der Waals surface area contributed by atoms with Crippen LogP contribution in [0.15, 0.2) is 35.8 Å². The number of halogens is 2. The number of aromatic nitrogens is 2. The molecular formula is C16H18ClFN4S. The molecule has 3 heterocycles. The van der Waals surface area contributed by atoms with Crippen molar-refractivity contribution in [1.82, 2.24) is 9.61 Å². The fraction of sp³-hybridized carbons (Fsp3) is 0.312. The monoisotopic (exact) mass is 352 g/mol. The minimum Gasteiger partial charge on any atom is -0.378 e. The Morgan fingerprint density at radius 3 is 3.00 bits per heavy atom. The molecule has 0 aliphatic heterocycles. The summed E-state index contributed by atoms with van der Waals surface area (Å²) in [6.07, 6.45) is 1.26. The highest BCUT2D eigenvalue weighted by molar-refractivity contribution is 7.09. The number of rotatable bonds is 6. The summed E-state index contributed by atoms with van der Waals surface area (Å²) in [5, 5.41) is 10.1. The van der Waals surface area contributed by atoms with E-state index >= 15 is 0 Å². The average Bonchev–Trinajstić information content (AvgIpc) is 3.13. The number of thiophene rings is 1. The number of alkyl halides is 1. The highest BCUT2D eigenvalue weighted by Crippen LogP contribution is 2.24. The van der Waals surface area contributed by atoms with Crippen LogP contribution in [0.5, 0.6) is 0 Å². The minimum atomic E-state index is -1.05. The second-order valence-corrected chi connectivity index (χ2v) is 6.96. The molecule has 4 nitrogen and oxygen atoms in total. The molecule has 2 atom stereocenters. The van der Waals surface area contributed by atoms with E-state index in [0.717, 1.165) is 23.3 Å². The summed E-state index contributed by atoms with van der Waals surface area (Å²) < 4.78 is 15.0. The van der Waals surface area contributed by atoms with Crippen LogP contribution in [0.4, 0.5) is 10.1 Å². The number of nitrogens with two attached hydrogens (primary N) is 1. The van der Waals surface area contributed by atoms with E-state index in [1.54, 1.807) is 21.9 Å². The van der Waals surface area contributed by atoms with E-state index in [1.807, 2.05) is 23.7 Å². The third-order valence-corrected chi connectivity index (χ3v) is 4.76. The van der Waals surface area contributed by atoms with Crippen LogP contribution in [-0.2, 0) is 13.0 Å². The quantitative estimate of drug-likeness (QED) is 0.707. The Kier molecular flexibility index (Phi) is 4.84. The van der Waals surface area contributed by atoms with E-state index < -0.39 is 12.2 Å². The third-order valence-electron chi connectivity index (χ3n) is 3.69. The SMILES string of the molecule is C[C@H](F)[C@H](N)Cc1cc2c(NCc3cccs3)cc(Cl)nn2c1. The van der Waals surface area contributed by atoms with E-state index in [1.165, 1.54) is 11.8 Å². The maximum atomic E-state index is 13.3. The first kappa shape index (κ1) is 16.2. The van der Waals surface area contributed by atoms with Crippen molar-refractivity contribution in [2.24, 2.45) is 5.73 Å². The van der Waals surface area contributed by atoms with Crippen molar-refractivity contribution in [2.45, 2.75) is 32.1 Å². The fourth-order valence-corrected chi connectivity index (χ4v) is 3.23. The summed E-state index contributed by atoms with van der Waals surface area (Å²) in [6, 6.07) is 7.34. The van der Waals surface area contributed by atoms with Gasteiger partial charge in [-0.2, -0.15) is 5.10 Å². The zero-order valence-electron chi connectivity index (χ0n) is 12.7. The van der Waals surface area contributed by atoms with Gasteiger partial charge in [0.25, 0.3) is 0 Å². The lowest BCUT2D eigenvalue weighted by Gasteiger charge is -2.10. The van der Waals surface area contributed by atoms with Crippen LogP contribution < -0.4 is 11.1 Å². The van der Waals surface area contributed by atoms with E-state index in [0.29, 0.717) is 11.6 Å². The van der Waals surface area contributed by atoms with Gasteiger partial charge in [-0.3, -0.25) is 0 Å². The molecule has 0 saturated heterocycles. The summed E-state index contributed by atoms with van der Waals surface area (Å²) in [7, 11) is 0. The topological polar surface area (TPSA) is 55.3 Å². The lowest BCUT2D eigenvalue weighted by molar-refractivity contribution is 0.304. The second kappa shape index (κ2) is 6.86.